The molecule has 2 aliphatic heterocycles. The average Bonchev–Trinajstić information content (AvgIpc) is 3.14. The van der Waals surface area contributed by atoms with E-state index in [1.807, 2.05) is 12.1 Å². The number of rotatable bonds is 7. The Bertz CT molecular complexity index is 540. The summed E-state index contributed by atoms with van der Waals surface area (Å²) in [5, 5.41) is 3.17. The highest BCUT2D eigenvalue weighted by molar-refractivity contribution is 7.99. The first-order valence-corrected chi connectivity index (χ1v) is 10.5. The molecule has 0 bridgehead atoms. The van der Waals surface area contributed by atoms with Crippen LogP contribution in [0.1, 0.15) is 25.7 Å². The number of nitrogens with one attached hydrogen (secondary N) is 1. The molecule has 2 fully saturated rings. The van der Waals surface area contributed by atoms with Crippen molar-refractivity contribution in [3.05, 3.63) is 30.1 Å². The number of benzene rings is 1. The minimum absolute atomic E-state index is 0.159. The number of hydrogen-bond acceptors (Lipinski definition) is 4. The fourth-order valence-corrected chi connectivity index (χ4v) is 4.37. The van der Waals surface area contributed by atoms with Crippen LogP contribution < -0.4 is 10.2 Å². The first-order chi connectivity index (χ1) is 12.2. The normalized spacial score (nSPS) is 19.3. The number of piperidine rings is 1. The van der Waals surface area contributed by atoms with Crippen LogP contribution in [0, 0.1) is 5.82 Å². The lowest BCUT2D eigenvalue weighted by Gasteiger charge is -2.34. The number of carbonyl (C=O) groups excluding carboxylic acids is 1. The number of likely N-dealkylation sites (tertiary alicyclic amines) is 1. The van der Waals surface area contributed by atoms with E-state index in [2.05, 4.69) is 15.1 Å². The molecule has 25 heavy (non-hydrogen) atoms. The Balaban J connectivity index is 1.30. The molecule has 0 aromatic heterocycles. The number of nitrogens with zero attached hydrogens (tertiary/aromatic N) is 2. The van der Waals surface area contributed by atoms with E-state index in [1.54, 1.807) is 11.8 Å². The topological polar surface area (TPSA) is 35.6 Å². The molecule has 0 unspecified atom stereocenters. The van der Waals surface area contributed by atoms with E-state index in [-0.39, 0.29) is 17.8 Å². The maximum Gasteiger partial charge on any atom is 0.230 e. The highest BCUT2D eigenvalue weighted by Gasteiger charge is 2.21. The zero-order valence-corrected chi connectivity index (χ0v) is 15.6. The monoisotopic (exact) mass is 365 g/mol. The van der Waals surface area contributed by atoms with Gasteiger partial charge in [0.2, 0.25) is 5.91 Å². The molecule has 1 N–H and O–H groups in total. The predicted octanol–water partition coefficient (Wildman–Crippen LogP) is 2.74. The van der Waals surface area contributed by atoms with E-state index in [1.165, 1.54) is 38.1 Å². The highest BCUT2D eigenvalue weighted by atomic mass is 32.2. The largest absolute Gasteiger partial charge is 0.371 e. The molecule has 1 aromatic carbocycles. The Morgan fingerprint density at radius 1 is 1.12 bits per heavy atom. The SMILES string of the molecule is O=C(CSCCN1CCCC1)NC1CCN(c2ccc(F)cc2)CC1. The molecule has 1 amide bonds. The third kappa shape index (κ3) is 5.89. The average molecular weight is 366 g/mol. The summed E-state index contributed by atoms with van der Waals surface area (Å²) in [6.45, 7) is 5.35. The zero-order valence-electron chi connectivity index (χ0n) is 14.8. The van der Waals surface area contributed by atoms with Crippen LogP contribution in [0.25, 0.3) is 0 Å². The molecule has 0 spiro atoms. The maximum absolute atomic E-state index is 13.0. The van der Waals surface area contributed by atoms with Crippen molar-refractivity contribution in [2.24, 2.45) is 0 Å². The minimum Gasteiger partial charge on any atom is -0.371 e. The van der Waals surface area contributed by atoms with E-state index in [0.717, 1.165) is 43.9 Å². The van der Waals surface area contributed by atoms with Gasteiger partial charge in [-0.15, -0.1) is 0 Å². The summed E-state index contributed by atoms with van der Waals surface area (Å²) in [5.74, 6) is 1.56. The van der Waals surface area contributed by atoms with Crippen LogP contribution in [0.15, 0.2) is 24.3 Å². The van der Waals surface area contributed by atoms with Crippen molar-refractivity contribution in [3.63, 3.8) is 0 Å². The minimum atomic E-state index is -0.201. The third-order valence-corrected chi connectivity index (χ3v) is 5.97. The second-order valence-electron chi connectivity index (χ2n) is 6.91. The van der Waals surface area contributed by atoms with Gasteiger partial charge in [0.05, 0.1) is 5.75 Å². The summed E-state index contributed by atoms with van der Waals surface area (Å²) in [5.41, 5.74) is 1.06. The molecule has 4 nitrogen and oxygen atoms in total. The van der Waals surface area contributed by atoms with E-state index in [0.29, 0.717) is 5.75 Å². The summed E-state index contributed by atoms with van der Waals surface area (Å²) >= 11 is 1.74. The van der Waals surface area contributed by atoms with Gasteiger partial charge in [0.15, 0.2) is 0 Å². The van der Waals surface area contributed by atoms with Crippen LogP contribution in [0.5, 0.6) is 0 Å². The summed E-state index contributed by atoms with van der Waals surface area (Å²) in [7, 11) is 0. The first kappa shape index (κ1) is 18.5. The molecular weight excluding hydrogens is 337 g/mol. The molecule has 2 saturated heterocycles. The lowest BCUT2D eigenvalue weighted by Crippen LogP contribution is -2.45. The number of hydrogen-bond donors (Lipinski definition) is 1. The van der Waals surface area contributed by atoms with E-state index in [4.69, 9.17) is 0 Å². The number of anilines is 1. The van der Waals surface area contributed by atoms with Crippen molar-refractivity contribution in [2.75, 3.05) is 49.1 Å². The summed E-state index contributed by atoms with van der Waals surface area (Å²) in [4.78, 5) is 16.8. The molecule has 0 aliphatic carbocycles. The molecule has 3 rings (SSSR count). The van der Waals surface area contributed by atoms with Gasteiger partial charge < -0.3 is 15.1 Å². The number of halogens is 1. The summed E-state index contributed by atoms with van der Waals surface area (Å²) in [6, 6.07) is 6.92. The summed E-state index contributed by atoms with van der Waals surface area (Å²) < 4.78 is 13.0. The molecule has 1 aromatic rings. The smallest absolute Gasteiger partial charge is 0.230 e. The van der Waals surface area contributed by atoms with Gasteiger partial charge in [-0.1, -0.05) is 0 Å². The van der Waals surface area contributed by atoms with Crippen LogP contribution in [-0.4, -0.2) is 61.1 Å². The fourth-order valence-electron chi connectivity index (χ4n) is 3.57. The predicted molar refractivity (Wildman–Crippen MR) is 103 cm³/mol. The van der Waals surface area contributed by atoms with Crippen molar-refractivity contribution in [1.82, 2.24) is 10.2 Å². The lowest BCUT2D eigenvalue weighted by atomic mass is 10.0. The molecule has 2 aliphatic rings. The molecule has 138 valence electrons. The van der Waals surface area contributed by atoms with Gasteiger partial charge in [0.1, 0.15) is 5.82 Å². The van der Waals surface area contributed by atoms with Crippen molar-refractivity contribution in [1.29, 1.82) is 0 Å². The molecular formula is C19H28FN3OS. The Kier molecular flexibility index (Phi) is 6.99. The number of thioether (sulfide) groups is 1. The standard InChI is InChI=1S/C19H28FN3OS/c20-16-3-5-18(6-4-16)23-11-7-17(8-12-23)21-19(24)15-25-14-13-22-9-1-2-10-22/h3-6,17H,1-2,7-15H2,(H,21,24). The van der Waals surface area contributed by atoms with Gasteiger partial charge in [-0.25, -0.2) is 4.39 Å². The van der Waals surface area contributed by atoms with Gasteiger partial charge in [-0.3, -0.25) is 4.79 Å². The summed E-state index contributed by atoms with van der Waals surface area (Å²) in [6.07, 6.45) is 4.53. The van der Waals surface area contributed by atoms with Crippen LogP contribution >= 0.6 is 11.8 Å². The molecule has 0 saturated carbocycles. The van der Waals surface area contributed by atoms with E-state index in [9.17, 15) is 9.18 Å². The van der Waals surface area contributed by atoms with Gasteiger partial charge in [-0.2, -0.15) is 11.8 Å². The quantitative estimate of drug-likeness (QED) is 0.754. The molecule has 0 radical (unpaired) electrons. The van der Waals surface area contributed by atoms with Crippen LogP contribution in [0.4, 0.5) is 10.1 Å². The van der Waals surface area contributed by atoms with Crippen LogP contribution in [0.3, 0.4) is 0 Å². The molecule has 6 heteroatoms. The fraction of sp³-hybridized carbons (Fsp3) is 0.632. The Hall–Kier alpha value is -1.27. The van der Waals surface area contributed by atoms with Crippen LogP contribution in [0.2, 0.25) is 0 Å². The first-order valence-electron chi connectivity index (χ1n) is 9.31. The number of amides is 1. The van der Waals surface area contributed by atoms with Crippen molar-refractivity contribution in [2.45, 2.75) is 31.7 Å². The molecule has 2 heterocycles. The lowest BCUT2D eigenvalue weighted by molar-refractivity contribution is -0.119. The number of carbonyl (C=O) groups is 1. The maximum atomic E-state index is 13.0. The van der Waals surface area contributed by atoms with E-state index < -0.39 is 0 Å². The van der Waals surface area contributed by atoms with Gasteiger partial charge in [0.25, 0.3) is 0 Å². The van der Waals surface area contributed by atoms with Crippen molar-refractivity contribution >= 4 is 23.4 Å². The Labute approximate surface area is 154 Å². The highest BCUT2D eigenvalue weighted by Crippen LogP contribution is 2.20. The third-order valence-electron chi connectivity index (χ3n) is 5.04. The second-order valence-corrected chi connectivity index (χ2v) is 8.01. The Morgan fingerprint density at radius 2 is 1.80 bits per heavy atom. The van der Waals surface area contributed by atoms with Crippen molar-refractivity contribution < 1.29 is 9.18 Å². The Morgan fingerprint density at radius 3 is 2.48 bits per heavy atom. The van der Waals surface area contributed by atoms with Gasteiger partial charge in [-0.05, 0) is 63.0 Å². The van der Waals surface area contributed by atoms with Gasteiger partial charge >= 0.3 is 0 Å². The van der Waals surface area contributed by atoms with E-state index >= 15 is 0 Å². The van der Waals surface area contributed by atoms with Crippen molar-refractivity contribution in [3.8, 4) is 0 Å². The van der Waals surface area contributed by atoms with Gasteiger partial charge in [0, 0.05) is 37.1 Å². The van der Waals surface area contributed by atoms with Crippen LogP contribution in [-0.2, 0) is 4.79 Å². The second kappa shape index (κ2) is 9.43. The zero-order chi connectivity index (χ0) is 17.5. The molecule has 0 atom stereocenters.